The van der Waals surface area contributed by atoms with E-state index in [0.29, 0.717) is 23.3 Å². The van der Waals surface area contributed by atoms with E-state index in [1.54, 1.807) is 6.92 Å². The first-order valence-electron chi connectivity index (χ1n) is 7.86. The highest BCUT2D eigenvalue weighted by Gasteiger charge is 2.15. The molecule has 1 fully saturated rings. The van der Waals surface area contributed by atoms with E-state index in [2.05, 4.69) is 9.88 Å². The molecule has 3 rings (SSSR count). The number of ether oxygens (including phenoxy) is 1. The van der Waals surface area contributed by atoms with Crippen molar-refractivity contribution in [2.24, 2.45) is 0 Å². The first kappa shape index (κ1) is 14.9. The molecule has 0 radical (unpaired) electrons. The Hall–Kier alpha value is -2.01. The number of likely N-dealkylation sites (tertiary alicyclic amines) is 1. The molecule has 1 aliphatic rings. The van der Waals surface area contributed by atoms with E-state index in [-0.39, 0.29) is 0 Å². The van der Waals surface area contributed by atoms with Gasteiger partial charge in [-0.25, -0.2) is 4.79 Å². The quantitative estimate of drug-likeness (QED) is 0.805. The largest absolute Gasteiger partial charge is 0.494 e. The molecule has 0 atom stereocenters. The Labute approximate surface area is 129 Å². The second-order valence-corrected chi connectivity index (χ2v) is 5.89. The summed E-state index contributed by atoms with van der Waals surface area (Å²) in [6, 6.07) is 5.59. The molecule has 5 heteroatoms. The number of aromatic amines is 1. The van der Waals surface area contributed by atoms with Crippen LogP contribution < -0.4 is 4.74 Å². The first-order chi connectivity index (χ1) is 10.6. The van der Waals surface area contributed by atoms with Gasteiger partial charge in [0.2, 0.25) is 0 Å². The Balaban J connectivity index is 1.63. The average Bonchev–Trinajstić information content (AvgIpc) is 3.09. The van der Waals surface area contributed by atoms with Crippen LogP contribution in [0.4, 0.5) is 0 Å². The number of H-pyrrole nitrogens is 1. The summed E-state index contributed by atoms with van der Waals surface area (Å²) in [6.45, 7) is 5.92. The normalized spacial score (nSPS) is 15.5. The fraction of sp³-hybridized carbons (Fsp3) is 0.471. The van der Waals surface area contributed by atoms with Crippen molar-refractivity contribution in [3.8, 4) is 5.75 Å². The molecule has 1 saturated heterocycles. The van der Waals surface area contributed by atoms with Crippen LogP contribution in [0.15, 0.2) is 18.2 Å². The molecular weight excluding hydrogens is 280 g/mol. The van der Waals surface area contributed by atoms with Crippen LogP contribution in [0.1, 0.15) is 35.3 Å². The zero-order valence-corrected chi connectivity index (χ0v) is 12.9. The van der Waals surface area contributed by atoms with Gasteiger partial charge in [0.1, 0.15) is 5.75 Å². The molecule has 0 spiro atoms. The van der Waals surface area contributed by atoms with Crippen molar-refractivity contribution in [3.05, 3.63) is 29.5 Å². The number of carboxylic acids is 1. The first-order valence-corrected chi connectivity index (χ1v) is 7.86. The molecule has 5 nitrogen and oxygen atoms in total. The number of benzene rings is 1. The number of aryl methyl sites for hydroxylation is 1. The van der Waals surface area contributed by atoms with Gasteiger partial charge >= 0.3 is 5.97 Å². The van der Waals surface area contributed by atoms with Gasteiger partial charge in [-0.1, -0.05) is 0 Å². The lowest BCUT2D eigenvalue weighted by Crippen LogP contribution is -2.21. The third-order valence-electron chi connectivity index (χ3n) is 4.26. The number of aromatic nitrogens is 1. The van der Waals surface area contributed by atoms with Gasteiger partial charge in [-0.3, -0.25) is 0 Å². The fourth-order valence-electron chi connectivity index (χ4n) is 3.16. The Bertz CT molecular complexity index is 672. The zero-order valence-electron chi connectivity index (χ0n) is 12.9. The van der Waals surface area contributed by atoms with Gasteiger partial charge in [0.15, 0.2) is 0 Å². The monoisotopic (exact) mass is 302 g/mol. The summed E-state index contributed by atoms with van der Waals surface area (Å²) in [7, 11) is 0. The van der Waals surface area contributed by atoms with Crippen LogP contribution >= 0.6 is 0 Å². The summed E-state index contributed by atoms with van der Waals surface area (Å²) in [5.41, 5.74) is 1.84. The Morgan fingerprint density at radius 3 is 2.86 bits per heavy atom. The highest BCUT2D eigenvalue weighted by atomic mass is 16.5. The van der Waals surface area contributed by atoms with Crippen LogP contribution in [0, 0.1) is 6.92 Å². The van der Waals surface area contributed by atoms with E-state index < -0.39 is 5.97 Å². The van der Waals surface area contributed by atoms with Crippen molar-refractivity contribution >= 4 is 16.9 Å². The molecule has 2 heterocycles. The predicted molar refractivity (Wildman–Crippen MR) is 85.8 cm³/mol. The number of aromatic carboxylic acids is 1. The predicted octanol–water partition coefficient (Wildman–Crippen LogP) is 3.04. The second-order valence-electron chi connectivity index (χ2n) is 5.89. The number of rotatable bonds is 6. The third-order valence-corrected chi connectivity index (χ3v) is 4.26. The number of carboxylic acid groups (broad SMARTS) is 1. The van der Waals surface area contributed by atoms with Crippen LogP contribution in [-0.4, -0.2) is 47.2 Å². The van der Waals surface area contributed by atoms with Crippen molar-refractivity contribution in [3.63, 3.8) is 0 Å². The van der Waals surface area contributed by atoms with Crippen LogP contribution in [0.5, 0.6) is 5.75 Å². The zero-order chi connectivity index (χ0) is 15.5. The SMILES string of the molecule is Cc1[nH]c2ccc(OCCCN3CCCC3)cc2c1C(=O)O. The van der Waals surface area contributed by atoms with E-state index in [0.717, 1.165) is 24.2 Å². The highest BCUT2D eigenvalue weighted by molar-refractivity contribution is 6.05. The number of carbonyl (C=O) groups is 1. The lowest BCUT2D eigenvalue weighted by atomic mass is 10.1. The van der Waals surface area contributed by atoms with Gasteiger partial charge < -0.3 is 19.7 Å². The van der Waals surface area contributed by atoms with Gasteiger partial charge in [0, 0.05) is 23.1 Å². The van der Waals surface area contributed by atoms with Gasteiger partial charge in [0.25, 0.3) is 0 Å². The van der Waals surface area contributed by atoms with Crippen molar-refractivity contribution < 1.29 is 14.6 Å². The standard InChI is InChI=1S/C17H22N2O3/c1-12-16(17(20)21)14-11-13(5-6-15(14)18-12)22-10-4-9-19-7-2-3-8-19/h5-6,11,18H,2-4,7-10H2,1H3,(H,20,21). The third kappa shape index (κ3) is 3.09. The van der Waals surface area contributed by atoms with Crippen molar-refractivity contribution in [1.82, 2.24) is 9.88 Å². The number of fused-ring (bicyclic) bond motifs is 1. The van der Waals surface area contributed by atoms with Crippen molar-refractivity contribution in [2.45, 2.75) is 26.2 Å². The molecular formula is C17H22N2O3. The molecule has 1 aromatic heterocycles. The van der Waals surface area contributed by atoms with Crippen LogP contribution in [-0.2, 0) is 0 Å². The lowest BCUT2D eigenvalue weighted by Gasteiger charge is -2.14. The summed E-state index contributed by atoms with van der Waals surface area (Å²) in [6.07, 6.45) is 3.61. The molecule has 2 N–H and O–H groups in total. The highest BCUT2D eigenvalue weighted by Crippen LogP contribution is 2.26. The maximum atomic E-state index is 11.3. The summed E-state index contributed by atoms with van der Waals surface area (Å²) in [4.78, 5) is 16.9. The fourth-order valence-corrected chi connectivity index (χ4v) is 3.16. The van der Waals surface area contributed by atoms with E-state index in [9.17, 15) is 9.90 Å². The Morgan fingerprint density at radius 1 is 1.36 bits per heavy atom. The summed E-state index contributed by atoms with van der Waals surface area (Å²) in [5, 5.41) is 10.0. The second kappa shape index (κ2) is 6.40. The molecule has 2 aromatic rings. The number of hydrogen-bond acceptors (Lipinski definition) is 3. The van der Waals surface area contributed by atoms with E-state index in [4.69, 9.17) is 4.74 Å². The van der Waals surface area contributed by atoms with Crippen LogP contribution in [0.25, 0.3) is 10.9 Å². The Morgan fingerprint density at radius 2 is 2.14 bits per heavy atom. The molecule has 1 aromatic carbocycles. The maximum Gasteiger partial charge on any atom is 0.338 e. The molecule has 0 unspecified atom stereocenters. The van der Waals surface area contributed by atoms with Crippen LogP contribution in [0.2, 0.25) is 0 Å². The van der Waals surface area contributed by atoms with Crippen LogP contribution in [0.3, 0.4) is 0 Å². The van der Waals surface area contributed by atoms with E-state index >= 15 is 0 Å². The molecule has 118 valence electrons. The Kier molecular flexibility index (Phi) is 4.34. The summed E-state index contributed by atoms with van der Waals surface area (Å²) >= 11 is 0. The average molecular weight is 302 g/mol. The smallest absolute Gasteiger partial charge is 0.338 e. The molecule has 0 amide bonds. The molecule has 22 heavy (non-hydrogen) atoms. The minimum absolute atomic E-state index is 0.331. The topological polar surface area (TPSA) is 65.6 Å². The number of nitrogens with one attached hydrogen (secondary N) is 1. The van der Waals surface area contributed by atoms with Gasteiger partial charge in [0.05, 0.1) is 12.2 Å². The van der Waals surface area contributed by atoms with E-state index in [1.807, 2.05) is 18.2 Å². The number of nitrogens with zero attached hydrogens (tertiary/aromatic N) is 1. The molecule has 1 aliphatic heterocycles. The minimum Gasteiger partial charge on any atom is -0.494 e. The maximum absolute atomic E-state index is 11.3. The van der Waals surface area contributed by atoms with Crippen molar-refractivity contribution in [2.75, 3.05) is 26.2 Å². The van der Waals surface area contributed by atoms with Gasteiger partial charge in [-0.2, -0.15) is 0 Å². The lowest BCUT2D eigenvalue weighted by molar-refractivity contribution is 0.0698. The summed E-state index contributed by atoms with van der Waals surface area (Å²) in [5.74, 6) is -0.176. The van der Waals surface area contributed by atoms with Gasteiger partial charge in [-0.05, 0) is 57.5 Å². The van der Waals surface area contributed by atoms with E-state index in [1.165, 1.54) is 25.9 Å². The number of hydrogen-bond donors (Lipinski definition) is 2. The molecule has 0 bridgehead atoms. The van der Waals surface area contributed by atoms with Gasteiger partial charge in [-0.15, -0.1) is 0 Å². The molecule has 0 aliphatic carbocycles. The molecule has 0 saturated carbocycles. The van der Waals surface area contributed by atoms with Crippen molar-refractivity contribution in [1.29, 1.82) is 0 Å². The minimum atomic E-state index is -0.907. The summed E-state index contributed by atoms with van der Waals surface area (Å²) < 4.78 is 5.78.